The van der Waals surface area contributed by atoms with E-state index in [1.54, 1.807) is 4.68 Å². The number of aromatic nitrogens is 5. The Kier molecular flexibility index (Phi) is 7.86. The Morgan fingerprint density at radius 1 is 0.816 bits per heavy atom. The summed E-state index contributed by atoms with van der Waals surface area (Å²) < 4.78 is 37.5. The van der Waals surface area contributed by atoms with Crippen LogP contribution < -0.4 is 5.32 Å². The van der Waals surface area contributed by atoms with E-state index in [0.29, 0.717) is 11.0 Å². The third kappa shape index (κ3) is 5.13. The normalized spacial score (nSPS) is 20.3. The molecule has 0 unspecified atom stereocenters. The van der Waals surface area contributed by atoms with Gasteiger partial charge in [0, 0.05) is 6.04 Å². The quantitative estimate of drug-likeness (QED) is 0.135. The van der Waals surface area contributed by atoms with Crippen LogP contribution in [0, 0.1) is 29.4 Å². The molecule has 0 spiro atoms. The smallest absolute Gasteiger partial charge is 0.311 e. The van der Waals surface area contributed by atoms with E-state index < -0.39 is 23.1 Å². The highest BCUT2D eigenvalue weighted by atomic mass is 19.1. The number of methoxy groups -OCH3 is 1. The average molecular weight is 657 g/mol. The number of anilines is 1. The van der Waals surface area contributed by atoms with Gasteiger partial charge >= 0.3 is 5.97 Å². The first-order valence-corrected chi connectivity index (χ1v) is 16.6. The van der Waals surface area contributed by atoms with Crippen molar-refractivity contribution in [3.05, 3.63) is 138 Å². The maximum absolute atomic E-state index is 15.5. The van der Waals surface area contributed by atoms with E-state index >= 15 is 8.78 Å². The number of rotatable bonds is 8. The molecule has 3 aliphatic carbocycles. The van der Waals surface area contributed by atoms with E-state index in [9.17, 15) is 4.79 Å². The molecule has 1 N–H and O–H groups in total. The van der Waals surface area contributed by atoms with Crippen molar-refractivity contribution < 1.29 is 18.3 Å². The lowest BCUT2D eigenvalue weighted by Crippen LogP contribution is -2.52. The molecule has 0 aliphatic heterocycles. The van der Waals surface area contributed by atoms with Crippen LogP contribution in [0.4, 0.5) is 14.6 Å². The van der Waals surface area contributed by atoms with Gasteiger partial charge in [-0.3, -0.25) is 4.79 Å². The summed E-state index contributed by atoms with van der Waals surface area (Å²) in [5, 5.41) is 8.80. The number of nitrogens with one attached hydrogen (secondary N) is 1. The molecule has 0 saturated heterocycles. The van der Waals surface area contributed by atoms with Crippen LogP contribution in [0.15, 0.2) is 109 Å². The number of benzene rings is 3. The van der Waals surface area contributed by atoms with E-state index in [2.05, 4.69) is 20.3 Å². The molecule has 3 fully saturated rings. The first kappa shape index (κ1) is 30.8. The second-order valence-corrected chi connectivity index (χ2v) is 12.9. The number of carbonyl (C=O) groups is 1. The number of ether oxygens (including phenoxy) is 1. The molecule has 3 saturated carbocycles. The monoisotopic (exact) mass is 656 g/mol. The molecule has 6 aromatic rings. The molecule has 49 heavy (non-hydrogen) atoms. The second kappa shape index (κ2) is 12.5. The lowest BCUT2D eigenvalue weighted by Gasteiger charge is -2.47. The highest BCUT2D eigenvalue weighted by Crippen LogP contribution is 2.47. The predicted molar refractivity (Wildman–Crippen MR) is 181 cm³/mol. The minimum atomic E-state index is -1.05. The Labute approximate surface area is 282 Å². The highest BCUT2D eigenvalue weighted by molar-refractivity contribution is 5.90. The highest BCUT2D eigenvalue weighted by Gasteiger charge is 2.48. The van der Waals surface area contributed by atoms with Gasteiger partial charge in [0.2, 0.25) is 0 Å². The number of hydrogen-bond acceptors (Lipinski definition) is 7. The predicted octanol–water partition coefficient (Wildman–Crippen LogP) is 7.40. The van der Waals surface area contributed by atoms with Crippen molar-refractivity contribution in [1.82, 2.24) is 24.7 Å². The molecule has 3 aromatic carbocycles. The summed E-state index contributed by atoms with van der Waals surface area (Å²) in [5.74, 6) is -1.53. The summed E-state index contributed by atoms with van der Waals surface area (Å²) in [6.45, 7) is 0. The molecule has 10 heteroatoms. The molecule has 3 heterocycles. The zero-order valence-electron chi connectivity index (χ0n) is 26.8. The van der Waals surface area contributed by atoms with Gasteiger partial charge < -0.3 is 10.1 Å². The molecule has 0 amide bonds. The Hall–Kier alpha value is -5.51. The van der Waals surface area contributed by atoms with Crippen molar-refractivity contribution in [2.24, 2.45) is 17.8 Å². The Morgan fingerprint density at radius 3 is 1.96 bits per heavy atom. The van der Waals surface area contributed by atoms with E-state index in [1.165, 1.54) is 19.4 Å². The summed E-state index contributed by atoms with van der Waals surface area (Å²) in [5.41, 5.74) is 2.29. The number of halogens is 2. The van der Waals surface area contributed by atoms with Crippen molar-refractivity contribution in [3.63, 3.8) is 0 Å². The SMILES string of the molecule is COC(=O)[C@H]1C2CCC(CC2)[C@@H]1Nc1nc(-c2nn(C(c3ccccc3)(c3ccccc3)c3ccccc3)c3ncc(F)cc23)ncc1F. The zero-order chi connectivity index (χ0) is 33.5. The van der Waals surface area contributed by atoms with Gasteiger partial charge in [0.05, 0.1) is 30.8 Å². The summed E-state index contributed by atoms with van der Waals surface area (Å²) in [7, 11) is 1.39. The lowest BCUT2D eigenvalue weighted by atomic mass is 9.61. The van der Waals surface area contributed by atoms with Crippen LogP contribution >= 0.6 is 0 Å². The molecule has 0 radical (unpaired) electrons. The number of pyridine rings is 1. The minimum Gasteiger partial charge on any atom is -0.469 e. The Morgan fingerprint density at radius 2 is 1.39 bits per heavy atom. The standard InChI is InChI=1S/C39H34F2N6O2/c1-49-38(48)32-24-17-19-25(20-18-24)33(32)44-35-31(41)23-42-36(45-35)34-30-21-29(40)22-43-37(30)47(46-34)39(26-11-5-2-6-12-26,27-13-7-3-8-14-27)28-15-9-4-10-16-28/h2-16,21-25,32-33H,17-20H2,1H3,(H,42,44,45)/t24?,25?,32-,33-/m0/s1. The zero-order valence-corrected chi connectivity index (χ0v) is 26.8. The summed E-state index contributed by atoms with van der Waals surface area (Å²) in [6.07, 6.45) is 6.02. The first-order chi connectivity index (χ1) is 24.0. The van der Waals surface area contributed by atoms with E-state index in [1.807, 2.05) is 91.0 Å². The first-order valence-electron chi connectivity index (χ1n) is 16.6. The lowest BCUT2D eigenvalue weighted by molar-refractivity contribution is -0.152. The minimum absolute atomic E-state index is 0.0380. The third-order valence-corrected chi connectivity index (χ3v) is 10.3. The molecule has 3 aliphatic rings. The molecule has 2 bridgehead atoms. The molecule has 246 valence electrons. The Balaban J connectivity index is 1.33. The number of nitrogens with zero attached hydrogens (tertiary/aromatic N) is 5. The summed E-state index contributed by atoms with van der Waals surface area (Å²) in [4.78, 5) is 26.5. The van der Waals surface area contributed by atoms with Gasteiger partial charge in [-0.25, -0.2) is 28.4 Å². The van der Waals surface area contributed by atoms with Crippen molar-refractivity contribution >= 4 is 22.8 Å². The second-order valence-electron chi connectivity index (χ2n) is 12.9. The number of fused-ring (bicyclic) bond motifs is 4. The van der Waals surface area contributed by atoms with Gasteiger partial charge in [0.15, 0.2) is 23.1 Å². The van der Waals surface area contributed by atoms with Gasteiger partial charge in [-0.15, -0.1) is 0 Å². The van der Waals surface area contributed by atoms with Crippen molar-refractivity contribution in [1.29, 1.82) is 0 Å². The third-order valence-electron chi connectivity index (χ3n) is 10.3. The van der Waals surface area contributed by atoms with E-state index in [4.69, 9.17) is 9.84 Å². The fourth-order valence-corrected chi connectivity index (χ4v) is 8.15. The summed E-state index contributed by atoms with van der Waals surface area (Å²) in [6, 6.07) is 30.9. The van der Waals surface area contributed by atoms with Gasteiger partial charge in [-0.1, -0.05) is 91.0 Å². The molecular weight excluding hydrogens is 622 g/mol. The Bertz CT molecular complexity index is 2020. The van der Waals surface area contributed by atoms with Crippen LogP contribution in [-0.2, 0) is 15.1 Å². The van der Waals surface area contributed by atoms with Crippen LogP contribution in [0.2, 0.25) is 0 Å². The topological polar surface area (TPSA) is 94.8 Å². The molecule has 9 rings (SSSR count). The van der Waals surface area contributed by atoms with Crippen molar-refractivity contribution in [2.45, 2.75) is 37.3 Å². The van der Waals surface area contributed by atoms with Crippen molar-refractivity contribution in [2.75, 3.05) is 12.4 Å². The van der Waals surface area contributed by atoms with Gasteiger partial charge in [-0.05, 0) is 60.3 Å². The van der Waals surface area contributed by atoms with Crippen LogP contribution in [0.5, 0.6) is 0 Å². The fraction of sp³-hybridized carbons (Fsp3) is 0.256. The van der Waals surface area contributed by atoms with Crippen LogP contribution in [0.3, 0.4) is 0 Å². The van der Waals surface area contributed by atoms with Crippen LogP contribution in [-0.4, -0.2) is 43.9 Å². The molecule has 3 aromatic heterocycles. The maximum Gasteiger partial charge on any atom is 0.311 e. The number of hydrogen-bond donors (Lipinski definition) is 1. The maximum atomic E-state index is 15.5. The van der Waals surface area contributed by atoms with Gasteiger partial charge in [0.1, 0.15) is 17.1 Å². The van der Waals surface area contributed by atoms with Gasteiger partial charge in [0.25, 0.3) is 0 Å². The van der Waals surface area contributed by atoms with Gasteiger partial charge in [-0.2, -0.15) is 5.10 Å². The van der Waals surface area contributed by atoms with Crippen LogP contribution in [0.1, 0.15) is 42.4 Å². The largest absolute Gasteiger partial charge is 0.469 e. The molecule has 2 atom stereocenters. The average Bonchev–Trinajstić information content (AvgIpc) is 3.53. The summed E-state index contributed by atoms with van der Waals surface area (Å²) >= 11 is 0. The molecular formula is C39H34F2N6O2. The van der Waals surface area contributed by atoms with E-state index in [-0.39, 0.29) is 41.2 Å². The van der Waals surface area contributed by atoms with Crippen molar-refractivity contribution in [3.8, 4) is 11.5 Å². The molecule has 8 nitrogen and oxygen atoms in total. The van der Waals surface area contributed by atoms with Crippen LogP contribution in [0.25, 0.3) is 22.6 Å². The number of esters is 1. The van der Waals surface area contributed by atoms with E-state index in [0.717, 1.165) is 48.6 Å². The number of carbonyl (C=O) groups excluding carboxylic acids is 1. The fourth-order valence-electron chi connectivity index (χ4n) is 8.15.